The van der Waals surface area contributed by atoms with Crippen molar-refractivity contribution >= 4 is 11.3 Å². The largest absolute Gasteiger partial charge is 0.319 e. The number of imidazole rings is 1. The summed E-state index contributed by atoms with van der Waals surface area (Å²) in [6, 6.07) is 10.3. The smallest absolute Gasteiger partial charge is 0.149 e. The number of hydrogen-bond acceptors (Lipinski definition) is 5. The van der Waals surface area contributed by atoms with Crippen LogP contribution in [0.15, 0.2) is 49.2 Å². The van der Waals surface area contributed by atoms with Gasteiger partial charge in [0.2, 0.25) is 0 Å². The van der Waals surface area contributed by atoms with Crippen molar-refractivity contribution in [1.82, 2.24) is 29.3 Å². The first kappa shape index (κ1) is 16.7. The molecule has 1 unspecified atom stereocenters. The maximum absolute atomic E-state index is 4.74. The summed E-state index contributed by atoms with van der Waals surface area (Å²) in [7, 11) is 0. The van der Waals surface area contributed by atoms with Crippen molar-refractivity contribution in [3.8, 4) is 21.8 Å². The minimum atomic E-state index is 0.0137. The zero-order chi connectivity index (χ0) is 18.1. The van der Waals surface area contributed by atoms with Crippen LogP contribution in [0, 0.1) is 6.92 Å². The van der Waals surface area contributed by atoms with Crippen molar-refractivity contribution in [2.75, 3.05) is 0 Å². The second-order valence-corrected chi connectivity index (χ2v) is 7.30. The van der Waals surface area contributed by atoms with E-state index in [-0.39, 0.29) is 6.04 Å². The van der Waals surface area contributed by atoms with Gasteiger partial charge in [0.25, 0.3) is 0 Å². The minimum absolute atomic E-state index is 0.0137. The zero-order valence-electron chi connectivity index (χ0n) is 15.0. The van der Waals surface area contributed by atoms with Gasteiger partial charge >= 0.3 is 0 Å². The highest BCUT2D eigenvalue weighted by Gasteiger charge is 2.23. The van der Waals surface area contributed by atoms with E-state index in [1.807, 2.05) is 42.3 Å². The number of rotatable bonds is 5. The van der Waals surface area contributed by atoms with E-state index in [0.29, 0.717) is 0 Å². The molecular formula is C19H20N6S. The van der Waals surface area contributed by atoms with Gasteiger partial charge in [-0.25, -0.2) is 19.6 Å². The molecule has 0 aliphatic carbocycles. The molecule has 4 rings (SSSR count). The predicted octanol–water partition coefficient (Wildman–Crippen LogP) is 4.20. The van der Waals surface area contributed by atoms with E-state index >= 15 is 0 Å². The van der Waals surface area contributed by atoms with Crippen molar-refractivity contribution in [3.05, 3.63) is 60.0 Å². The highest BCUT2D eigenvalue weighted by atomic mass is 32.1. The van der Waals surface area contributed by atoms with Gasteiger partial charge in [0.1, 0.15) is 12.2 Å². The van der Waals surface area contributed by atoms with E-state index in [0.717, 1.165) is 39.2 Å². The molecular weight excluding hydrogens is 344 g/mol. The Balaban J connectivity index is 1.89. The molecule has 132 valence electrons. The van der Waals surface area contributed by atoms with E-state index in [1.54, 1.807) is 17.7 Å². The fourth-order valence-corrected chi connectivity index (χ4v) is 3.97. The lowest BCUT2D eigenvalue weighted by Gasteiger charge is -2.16. The summed E-state index contributed by atoms with van der Waals surface area (Å²) in [6.45, 7) is 7.01. The van der Waals surface area contributed by atoms with Gasteiger partial charge in [-0.1, -0.05) is 30.3 Å². The summed E-state index contributed by atoms with van der Waals surface area (Å²) >= 11 is 1.68. The lowest BCUT2D eigenvalue weighted by atomic mass is 10.1. The molecule has 0 bridgehead atoms. The maximum atomic E-state index is 4.74. The van der Waals surface area contributed by atoms with Crippen molar-refractivity contribution in [2.24, 2.45) is 0 Å². The van der Waals surface area contributed by atoms with Crippen molar-refractivity contribution in [3.63, 3.8) is 0 Å². The molecule has 0 amide bonds. The van der Waals surface area contributed by atoms with E-state index in [4.69, 9.17) is 4.98 Å². The maximum Gasteiger partial charge on any atom is 0.149 e. The molecule has 0 spiro atoms. The van der Waals surface area contributed by atoms with Crippen molar-refractivity contribution in [2.45, 2.75) is 33.4 Å². The molecule has 6 nitrogen and oxygen atoms in total. The molecule has 0 aliphatic heterocycles. The highest BCUT2D eigenvalue weighted by Crippen LogP contribution is 2.37. The summed E-state index contributed by atoms with van der Waals surface area (Å²) in [6.07, 6.45) is 5.43. The van der Waals surface area contributed by atoms with Gasteiger partial charge < -0.3 is 4.57 Å². The Hall–Kier alpha value is -2.80. The molecule has 1 atom stereocenters. The minimum Gasteiger partial charge on any atom is -0.319 e. The molecule has 7 heteroatoms. The third-order valence-electron chi connectivity index (χ3n) is 4.43. The molecule has 3 heterocycles. The molecule has 0 saturated carbocycles. The average molecular weight is 364 g/mol. The first-order valence-corrected chi connectivity index (χ1v) is 9.43. The molecule has 0 saturated heterocycles. The van der Waals surface area contributed by atoms with Crippen LogP contribution in [0.2, 0.25) is 0 Å². The van der Waals surface area contributed by atoms with Gasteiger partial charge in [0.05, 0.1) is 33.6 Å². The monoisotopic (exact) mass is 364 g/mol. The molecule has 1 aromatic carbocycles. The van der Waals surface area contributed by atoms with E-state index in [9.17, 15) is 0 Å². The van der Waals surface area contributed by atoms with Gasteiger partial charge in [-0.3, -0.25) is 0 Å². The Morgan fingerprint density at radius 1 is 1.12 bits per heavy atom. The van der Waals surface area contributed by atoms with Crippen molar-refractivity contribution < 1.29 is 0 Å². The first-order valence-electron chi connectivity index (χ1n) is 8.61. The summed E-state index contributed by atoms with van der Waals surface area (Å²) in [5.41, 5.74) is 3.13. The number of benzene rings is 1. The summed E-state index contributed by atoms with van der Waals surface area (Å²) < 4.78 is 4.10. The van der Waals surface area contributed by atoms with Crippen LogP contribution in [-0.4, -0.2) is 29.3 Å². The standard InChI is InChI=1S/C19H20N6S/c1-4-25-19(21-11-23-25)13(2)24-12-22-17(15-8-6-5-7-9-15)18(24)16-10-20-14(3)26-16/h5-13H,4H2,1-3H3. The topological polar surface area (TPSA) is 61.4 Å². The summed E-state index contributed by atoms with van der Waals surface area (Å²) in [4.78, 5) is 14.8. The van der Waals surface area contributed by atoms with Crippen molar-refractivity contribution in [1.29, 1.82) is 0 Å². The van der Waals surface area contributed by atoms with E-state index < -0.39 is 0 Å². The average Bonchev–Trinajstić information content (AvgIpc) is 3.40. The highest BCUT2D eigenvalue weighted by molar-refractivity contribution is 7.15. The lowest BCUT2D eigenvalue weighted by molar-refractivity contribution is 0.529. The van der Waals surface area contributed by atoms with Crippen LogP contribution in [0.4, 0.5) is 0 Å². The molecule has 0 fully saturated rings. The number of hydrogen-bond donors (Lipinski definition) is 0. The summed E-state index contributed by atoms with van der Waals surface area (Å²) in [5, 5.41) is 5.35. The van der Waals surface area contributed by atoms with E-state index in [1.165, 1.54) is 0 Å². The quantitative estimate of drug-likeness (QED) is 0.532. The molecule has 3 aromatic heterocycles. The molecule has 0 aliphatic rings. The van der Waals surface area contributed by atoms with Gasteiger partial charge in [-0.15, -0.1) is 11.3 Å². The van der Waals surface area contributed by atoms with Crippen LogP contribution in [0.3, 0.4) is 0 Å². The second kappa shape index (κ2) is 6.84. The summed E-state index contributed by atoms with van der Waals surface area (Å²) in [5.74, 6) is 0.923. The third-order valence-corrected chi connectivity index (χ3v) is 5.35. The van der Waals surface area contributed by atoms with E-state index in [2.05, 4.69) is 45.6 Å². The number of aryl methyl sites for hydroxylation is 2. The van der Waals surface area contributed by atoms with Gasteiger partial charge in [0, 0.05) is 18.3 Å². The predicted molar refractivity (Wildman–Crippen MR) is 103 cm³/mol. The van der Waals surface area contributed by atoms with Gasteiger partial charge in [-0.2, -0.15) is 5.10 Å². The normalized spacial score (nSPS) is 12.4. The Kier molecular flexibility index (Phi) is 4.38. The zero-order valence-corrected chi connectivity index (χ0v) is 15.8. The van der Waals surface area contributed by atoms with Crippen LogP contribution in [0.25, 0.3) is 21.8 Å². The van der Waals surface area contributed by atoms with Crippen LogP contribution in [0.5, 0.6) is 0 Å². The SMILES string of the molecule is CCn1ncnc1C(C)n1cnc(-c2ccccc2)c1-c1cnc(C)s1. The van der Waals surface area contributed by atoms with Gasteiger partial charge in [-0.05, 0) is 20.8 Å². The Morgan fingerprint density at radius 2 is 1.92 bits per heavy atom. The van der Waals surface area contributed by atoms with Crippen LogP contribution >= 0.6 is 11.3 Å². The van der Waals surface area contributed by atoms with Crippen LogP contribution < -0.4 is 0 Å². The Bertz CT molecular complexity index is 1010. The lowest BCUT2D eigenvalue weighted by Crippen LogP contribution is -2.14. The Labute approximate surface area is 156 Å². The van der Waals surface area contributed by atoms with Crippen LogP contribution in [-0.2, 0) is 6.54 Å². The number of thiazole rings is 1. The van der Waals surface area contributed by atoms with Gasteiger partial charge in [0.15, 0.2) is 0 Å². The molecule has 0 radical (unpaired) electrons. The fraction of sp³-hybridized carbons (Fsp3) is 0.263. The second-order valence-electron chi connectivity index (χ2n) is 6.07. The molecule has 4 aromatic rings. The molecule has 26 heavy (non-hydrogen) atoms. The third kappa shape index (κ3) is 2.84. The van der Waals surface area contributed by atoms with Crippen LogP contribution in [0.1, 0.15) is 30.7 Å². The molecule has 0 N–H and O–H groups in total. The fourth-order valence-electron chi connectivity index (χ4n) is 3.14. The Morgan fingerprint density at radius 3 is 2.62 bits per heavy atom. The number of aromatic nitrogens is 6. The number of nitrogens with zero attached hydrogens (tertiary/aromatic N) is 6. The first-order chi connectivity index (χ1) is 12.7.